The Morgan fingerprint density at radius 1 is 1.05 bits per heavy atom. The first-order valence-electron chi connectivity index (χ1n) is 11.7. The van der Waals surface area contributed by atoms with Crippen LogP contribution in [0.1, 0.15) is 44.7 Å². The summed E-state index contributed by atoms with van der Waals surface area (Å²) in [4.78, 5) is 27.9. The number of halogens is 4. The third-order valence-electron chi connectivity index (χ3n) is 5.79. The van der Waals surface area contributed by atoms with E-state index in [-0.39, 0.29) is 24.7 Å². The number of hydrogen-bond donors (Lipinski definition) is 1. The zero-order valence-electron chi connectivity index (χ0n) is 21.0. The molecule has 7 nitrogen and oxygen atoms in total. The van der Waals surface area contributed by atoms with Gasteiger partial charge in [-0.05, 0) is 55.7 Å². The summed E-state index contributed by atoms with van der Waals surface area (Å²) in [6.07, 6.45) is -3.02. The Labute approximate surface area is 220 Å². The van der Waals surface area contributed by atoms with Crippen LogP contribution >= 0.6 is 11.6 Å². The predicted octanol–water partition coefficient (Wildman–Crippen LogP) is 4.85. The smallest absolute Gasteiger partial charge is 0.352 e. The molecule has 2 amide bonds. The third-order valence-corrected chi connectivity index (χ3v) is 7.19. The highest BCUT2D eigenvalue weighted by atomic mass is 35.5. The van der Waals surface area contributed by atoms with Gasteiger partial charge in [-0.15, -0.1) is 0 Å². The molecule has 0 aliphatic heterocycles. The van der Waals surface area contributed by atoms with Crippen molar-refractivity contribution < 1.29 is 31.2 Å². The summed E-state index contributed by atoms with van der Waals surface area (Å²) in [6, 6.07) is 9.20. The first-order valence-corrected chi connectivity index (χ1v) is 13.9. The number of amides is 2. The number of anilines is 1. The quantitative estimate of drug-likeness (QED) is 0.425. The molecule has 2 atom stereocenters. The van der Waals surface area contributed by atoms with Crippen LogP contribution in [-0.2, 0) is 32.3 Å². The van der Waals surface area contributed by atoms with Crippen LogP contribution in [0.5, 0.6) is 0 Å². The minimum atomic E-state index is -4.70. The number of nitrogens with zero attached hydrogens (tertiary/aromatic N) is 2. The molecule has 0 saturated heterocycles. The molecule has 12 heteroatoms. The van der Waals surface area contributed by atoms with Gasteiger partial charge in [-0.1, -0.05) is 43.6 Å². The number of rotatable bonds is 11. The summed E-state index contributed by atoms with van der Waals surface area (Å²) in [7, 11) is -4.16. The Kier molecular flexibility index (Phi) is 10.4. The van der Waals surface area contributed by atoms with Crippen LogP contribution in [0.2, 0.25) is 5.02 Å². The van der Waals surface area contributed by atoms with Crippen molar-refractivity contribution in [2.45, 2.75) is 58.4 Å². The van der Waals surface area contributed by atoms with Gasteiger partial charge in [0.25, 0.3) is 0 Å². The van der Waals surface area contributed by atoms with Crippen LogP contribution in [0.4, 0.5) is 18.9 Å². The van der Waals surface area contributed by atoms with Gasteiger partial charge in [0, 0.05) is 17.6 Å². The fraction of sp³-hybridized carbons (Fsp3) is 0.440. The molecule has 0 fully saturated rings. The first kappa shape index (κ1) is 30.4. The average Bonchev–Trinajstić information content (AvgIpc) is 2.82. The number of alkyl halides is 3. The molecule has 0 aromatic heterocycles. The van der Waals surface area contributed by atoms with E-state index in [1.165, 1.54) is 11.0 Å². The molecule has 0 radical (unpaired) electrons. The minimum Gasteiger partial charge on any atom is -0.352 e. The lowest BCUT2D eigenvalue weighted by Crippen LogP contribution is -2.53. The van der Waals surface area contributed by atoms with Gasteiger partial charge in [0.1, 0.15) is 12.6 Å². The van der Waals surface area contributed by atoms with Gasteiger partial charge in [0.2, 0.25) is 21.8 Å². The topological polar surface area (TPSA) is 86.8 Å². The highest BCUT2D eigenvalue weighted by molar-refractivity contribution is 7.92. The minimum absolute atomic E-state index is 0.0391. The van der Waals surface area contributed by atoms with Crippen molar-refractivity contribution in [3.63, 3.8) is 0 Å². The predicted molar refractivity (Wildman–Crippen MR) is 138 cm³/mol. The molecule has 204 valence electrons. The van der Waals surface area contributed by atoms with Gasteiger partial charge in [0.15, 0.2) is 0 Å². The lowest BCUT2D eigenvalue weighted by atomic mass is 10.1. The van der Waals surface area contributed by atoms with Crippen LogP contribution in [-0.4, -0.2) is 50.0 Å². The van der Waals surface area contributed by atoms with Crippen LogP contribution in [0.25, 0.3) is 0 Å². The standard InChI is InChI=1S/C25H31ClF3N3O4S/c1-5-17(3)30-24(34)22(6-2)31(15-18-10-12-20(26)13-11-18)23(33)16-32(37(4,35)36)21-9-7-8-19(14-21)25(27,28)29/h7-14,17,22H,5-6,15-16H2,1-4H3,(H,30,34)/t17-,22+/m1/s1. The van der Waals surface area contributed by atoms with Crippen LogP contribution in [0.15, 0.2) is 48.5 Å². The lowest BCUT2D eigenvalue weighted by Gasteiger charge is -2.33. The monoisotopic (exact) mass is 561 g/mol. The van der Waals surface area contributed by atoms with E-state index in [0.29, 0.717) is 27.4 Å². The largest absolute Gasteiger partial charge is 0.416 e. The number of carbonyl (C=O) groups excluding carboxylic acids is 2. The summed E-state index contributed by atoms with van der Waals surface area (Å²) in [5.41, 5.74) is -0.727. The second kappa shape index (κ2) is 12.6. The van der Waals surface area contributed by atoms with Crippen molar-refractivity contribution in [2.75, 3.05) is 17.1 Å². The second-order valence-corrected chi connectivity index (χ2v) is 11.1. The van der Waals surface area contributed by atoms with Gasteiger partial charge in [-0.25, -0.2) is 8.42 Å². The summed E-state index contributed by atoms with van der Waals surface area (Å²) < 4.78 is 65.6. The molecule has 2 rings (SSSR count). The van der Waals surface area contributed by atoms with Gasteiger partial charge in [-0.3, -0.25) is 13.9 Å². The van der Waals surface area contributed by atoms with Gasteiger partial charge in [-0.2, -0.15) is 13.2 Å². The highest BCUT2D eigenvalue weighted by Crippen LogP contribution is 2.32. The van der Waals surface area contributed by atoms with Crippen molar-refractivity contribution >= 4 is 39.1 Å². The van der Waals surface area contributed by atoms with Gasteiger partial charge in [0.05, 0.1) is 17.5 Å². The zero-order chi connectivity index (χ0) is 28.0. The Morgan fingerprint density at radius 3 is 2.19 bits per heavy atom. The second-order valence-electron chi connectivity index (χ2n) is 8.71. The lowest BCUT2D eigenvalue weighted by molar-refractivity contribution is -0.140. The third kappa shape index (κ3) is 8.63. The Balaban J connectivity index is 2.48. The highest BCUT2D eigenvalue weighted by Gasteiger charge is 2.34. The molecule has 0 saturated carbocycles. The van der Waals surface area contributed by atoms with E-state index < -0.39 is 46.2 Å². The molecule has 1 N–H and O–H groups in total. The fourth-order valence-electron chi connectivity index (χ4n) is 3.60. The summed E-state index contributed by atoms with van der Waals surface area (Å²) in [5.74, 6) is -1.16. The van der Waals surface area contributed by atoms with Crippen molar-refractivity contribution in [1.29, 1.82) is 0 Å². The molecular formula is C25H31ClF3N3O4S. The maximum Gasteiger partial charge on any atom is 0.416 e. The molecule has 0 heterocycles. The van der Waals surface area contributed by atoms with Crippen LogP contribution in [0, 0.1) is 0 Å². The SMILES string of the molecule is CC[C@@H](C)NC(=O)[C@H](CC)N(Cc1ccc(Cl)cc1)C(=O)CN(c1cccc(C(F)(F)F)c1)S(C)(=O)=O. The molecule has 2 aromatic carbocycles. The van der Waals surface area contributed by atoms with Crippen LogP contribution in [0.3, 0.4) is 0 Å². The van der Waals surface area contributed by atoms with E-state index in [2.05, 4.69) is 5.32 Å². The molecule has 2 aromatic rings. The number of nitrogens with one attached hydrogen (secondary N) is 1. The van der Waals surface area contributed by atoms with Crippen molar-refractivity contribution in [1.82, 2.24) is 10.2 Å². The number of carbonyl (C=O) groups is 2. The maximum absolute atomic E-state index is 13.6. The number of sulfonamides is 1. The maximum atomic E-state index is 13.6. The van der Waals surface area contributed by atoms with Crippen LogP contribution < -0.4 is 9.62 Å². The Hall–Kier alpha value is -2.79. The molecule has 37 heavy (non-hydrogen) atoms. The van der Waals surface area contributed by atoms with Crippen molar-refractivity contribution in [3.8, 4) is 0 Å². The van der Waals surface area contributed by atoms with Gasteiger partial charge >= 0.3 is 6.18 Å². The fourth-order valence-corrected chi connectivity index (χ4v) is 4.57. The van der Waals surface area contributed by atoms with Crippen molar-refractivity contribution in [2.24, 2.45) is 0 Å². The number of benzene rings is 2. The van der Waals surface area contributed by atoms with E-state index in [1.54, 1.807) is 31.2 Å². The first-order chi connectivity index (χ1) is 17.2. The summed E-state index contributed by atoms with van der Waals surface area (Å²) in [5, 5.41) is 3.31. The average molecular weight is 562 g/mol. The summed E-state index contributed by atoms with van der Waals surface area (Å²) in [6.45, 7) is 4.59. The summed E-state index contributed by atoms with van der Waals surface area (Å²) >= 11 is 5.96. The van der Waals surface area contributed by atoms with E-state index in [9.17, 15) is 31.2 Å². The molecule has 0 aliphatic rings. The van der Waals surface area contributed by atoms with E-state index in [4.69, 9.17) is 11.6 Å². The van der Waals surface area contributed by atoms with E-state index in [1.807, 2.05) is 13.8 Å². The molecule has 0 spiro atoms. The van der Waals surface area contributed by atoms with E-state index >= 15 is 0 Å². The zero-order valence-corrected chi connectivity index (χ0v) is 22.6. The van der Waals surface area contributed by atoms with E-state index in [0.717, 1.165) is 18.4 Å². The normalized spacial score (nSPS) is 13.5. The Bertz CT molecular complexity index is 1190. The number of hydrogen-bond acceptors (Lipinski definition) is 4. The molecule has 0 bridgehead atoms. The van der Waals surface area contributed by atoms with Crippen molar-refractivity contribution in [3.05, 3.63) is 64.7 Å². The molecule has 0 unspecified atom stereocenters. The van der Waals surface area contributed by atoms with Gasteiger partial charge < -0.3 is 10.2 Å². The molecule has 0 aliphatic carbocycles. The Morgan fingerprint density at radius 2 is 1.68 bits per heavy atom. The molecular weight excluding hydrogens is 531 g/mol.